The molecule has 1 fully saturated rings. The molecule has 0 aromatic heterocycles. The van der Waals surface area contributed by atoms with Gasteiger partial charge in [0, 0.05) is 30.7 Å². The molecule has 3 unspecified atom stereocenters. The van der Waals surface area contributed by atoms with Crippen LogP contribution in [-0.2, 0) is 0 Å². The van der Waals surface area contributed by atoms with Crippen LogP contribution in [0.25, 0.3) is 0 Å². The van der Waals surface area contributed by atoms with Crippen molar-refractivity contribution in [2.24, 2.45) is 5.73 Å². The van der Waals surface area contributed by atoms with Crippen molar-refractivity contribution in [3.05, 3.63) is 0 Å². The molecule has 1 rings (SSSR count). The standard InChI is InChI=1S/C14H31N3O/c1-5-14(15,11-18)7-6-8-17-9-12(2)16(4)13(3)10-17/h12-13,18H,5-11,15H2,1-4H3. The van der Waals surface area contributed by atoms with Crippen LogP contribution in [0.4, 0.5) is 0 Å². The second-order valence-corrected chi connectivity index (χ2v) is 6.10. The third kappa shape index (κ3) is 4.19. The third-order valence-electron chi connectivity index (χ3n) is 4.60. The molecule has 18 heavy (non-hydrogen) atoms. The Labute approximate surface area is 112 Å². The molecular weight excluding hydrogens is 226 g/mol. The van der Waals surface area contributed by atoms with Gasteiger partial charge in [0.05, 0.1) is 6.61 Å². The molecule has 0 saturated carbocycles. The van der Waals surface area contributed by atoms with Crippen molar-refractivity contribution >= 4 is 0 Å². The Balaban J connectivity index is 2.32. The van der Waals surface area contributed by atoms with Crippen molar-refractivity contribution in [3.63, 3.8) is 0 Å². The average molecular weight is 257 g/mol. The molecule has 0 amide bonds. The van der Waals surface area contributed by atoms with E-state index in [1.807, 2.05) is 0 Å². The molecule has 0 aliphatic carbocycles. The van der Waals surface area contributed by atoms with Gasteiger partial charge < -0.3 is 15.7 Å². The Bertz CT molecular complexity index is 231. The first-order valence-electron chi connectivity index (χ1n) is 7.26. The lowest BCUT2D eigenvalue weighted by molar-refractivity contribution is 0.0569. The first kappa shape index (κ1) is 15.9. The van der Waals surface area contributed by atoms with Gasteiger partial charge in [0.15, 0.2) is 0 Å². The van der Waals surface area contributed by atoms with E-state index in [1.165, 1.54) is 0 Å². The van der Waals surface area contributed by atoms with Crippen molar-refractivity contribution in [1.29, 1.82) is 0 Å². The van der Waals surface area contributed by atoms with Gasteiger partial charge in [-0.3, -0.25) is 4.90 Å². The summed E-state index contributed by atoms with van der Waals surface area (Å²) in [5, 5.41) is 9.30. The fourth-order valence-electron chi connectivity index (χ4n) is 2.72. The first-order chi connectivity index (χ1) is 8.41. The molecule has 1 heterocycles. The van der Waals surface area contributed by atoms with Gasteiger partial charge in [0.1, 0.15) is 0 Å². The molecule has 4 nitrogen and oxygen atoms in total. The van der Waals surface area contributed by atoms with E-state index in [2.05, 4.69) is 37.6 Å². The van der Waals surface area contributed by atoms with Gasteiger partial charge in [-0.05, 0) is 46.7 Å². The van der Waals surface area contributed by atoms with Crippen LogP contribution >= 0.6 is 0 Å². The van der Waals surface area contributed by atoms with Crippen LogP contribution in [0.1, 0.15) is 40.0 Å². The van der Waals surface area contributed by atoms with E-state index in [0.29, 0.717) is 12.1 Å². The number of piperazine rings is 1. The number of nitrogens with two attached hydrogens (primary N) is 1. The highest BCUT2D eigenvalue weighted by Crippen LogP contribution is 2.17. The maximum Gasteiger partial charge on any atom is 0.0611 e. The summed E-state index contributed by atoms with van der Waals surface area (Å²) in [6.45, 7) is 10.1. The molecule has 3 atom stereocenters. The van der Waals surface area contributed by atoms with E-state index in [9.17, 15) is 5.11 Å². The van der Waals surface area contributed by atoms with E-state index >= 15 is 0 Å². The quantitative estimate of drug-likeness (QED) is 0.742. The van der Waals surface area contributed by atoms with Crippen LogP contribution in [0.15, 0.2) is 0 Å². The lowest BCUT2D eigenvalue weighted by Crippen LogP contribution is -2.55. The van der Waals surface area contributed by atoms with E-state index in [1.54, 1.807) is 0 Å². The van der Waals surface area contributed by atoms with Crippen LogP contribution < -0.4 is 5.73 Å². The number of aliphatic hydroxyl groups is 1. The third-order valence-corrected chi connectivity index (χ3v) is 4.60. The zero-order valence-corrected chi connectivity index (χ0v) is 12.5. The fourth-order valence-corrected chi connectivity index (χ4v) is 2.72. The number of rotatable bonds is 6. The summed E-state index contributed by atoms with van der Waals surface area (Å²) in [6.07, 6.45) is 2.84. The number of likely N-dealkylation sites (N-methyl/N-ethyl adjacent to an activating group) is 1. The first-order valence-corrected chi connectivity index (χ1v) is 7.26. The van der Waals surface area contributed by atoms with Crippen LogP contribution in [-0.4, -0.2) is 65.8 Å². The summed E-state index contributed by atoms with van der Waals surface area (Å²) < 4.78 is 0. The van der Waals surface area contributed by atoms with E-state index in [-0.39, 0.29) is 12.1 Å². The zero-order chi connectivity index (χ0) is 13.8. The molecule has 0 aromatic rings. The molecule has 4 heteroatoms. The van der Waals surface area contributed by atoms with E-state index < -0.39 is 0 Å². The Morgan fingerprint density at radius 2 is 1.83 bits per heavy atom. The minimum absolute atomic E-state index is 0.0963. The maximum absolute atomic E-state index is 9.30. The SMILES string of the molecule is CCC(N)(CO)CCCN1CC(C)N(C)C(C)C1. The topological polar surface area (TPSA) is 52.7 Å². The van der Waals surface area contributed by atoms with Crippen molar-refractivity contribution in [3.8, 4) is 0 Å². The second kappa shape index (κ2) is 6.85. The van der Waals surface area contributed by atoms with Gasteiger partial charge >= 0.3 is 0 Å². The molecule has 108 valence electrons. The van der Waals surface area contributed by atoms with Gasteiger partial charge in [-0.15, -0.1) is 0 Å². The van der Waals surface area contributed by atoms with Crippen molar-refractivity contribution in [2.45, 2.75) is 57.7 Å². The highest BCUT2D eigenvalue weighted by Gasteiger charge is 2.27. The Morgan fingerprint density at radius 3 is 2.28 bits per heavy atom. The summed E-state index contributed by atoms with van der Waals surface area (Å²) in [4.78, 5) is 4.98. The van der Waals surface area contributed by atoms with Crippen LogP contribution in [0, 0.1) is 0 Å². The van der Waals surface area contributed by atoms with Gasteiger partial charge in [-0.1, -0.05) is 6.92 Å². The zero-order valence-electron chi connectivity index (χ0n) is 12.5. The molecule has 3 N–H and O–H groups in total. The summed E-state index contributed by atoms with van der Waals surface area (Å²) in [5.41, 5.74) is 5.74. The van der Waals surface area contributed by atoms with Gasteiger partial charge in [0.25, 0.3) is 0 Å². The molecule has 0 spiro atoms. The van der Waals surface area contributed by atoms with Crippen LogP contribution in [0.2, 0.25) is 0 Å². The molecule has 0 bridgehead atoms. The maximum atomic E-state index is 9.30. The Hall–Kier alpha value is -0.160. The lowest BCUT2D eigenvalue weighted by atomic mass is 9.92. The minimum Gasteiger partial charge on any atom is -0.394 e. The number of nitrogens with zero attached hydrogens (tertiary/aromatic N) is 2. The lowest BCUT2D eigenvalue weighted by Gasteiger charge is -2.42. The van der Waals surface area contributed by atoms with Gasteiger partial charge in [-0.25, -0.2) is 0 Å². The number of aliphatic hydroxyl groups excluding tert-OH is 1. The molecule has 1 aliphatic rings. The summed E-state index contributed by atoms with van der Waals surface area (Å²) in [7, 11) is 2.21. The predicted molar refractivity (Wildman–Crippen MR) is 76.7 cm³/mol. The van der Waals surface area contributed by atoms with Gasteiger partial charge in [0.2, 0.25) is 0 Å². The van der Waals surface area contributed by atoms with Crippen molar-refractivity contribution in [2.75, 3.05) is 33.3 Å². The Morgan fingerprint density at radius 1 is 1.28 bits per heavy atom. The monoisotopic (exact) mass is 257 g/mol. The number of hydrogen-bond acceptors (Lipinski definition) is 4. The second-order valence-electron chi connectivity index (χ2n) is 6.10. The minimum atomic E-state index is -0.371. The van der Waals surface area contributed by atoms with Crippen LogP contribution in [0.3, 0.4) is 0 Å². The summed E-state index contributed by atoms with van der Waals surface area (Å²) >= 11 is 0. The molecule has 1 aliphatic heterocycles. The highest BCUT2D eigenvalue weighted by atomic mass is 16.3. The van der Waals surface area contributed by atoms with E-state index in [4.69, 9.17) is 5.73 Å². The number of hydrogen-bond donors (Lipinski definition) is 2. The predicted octanol–water partition coefficient (Wildman–Crippen LogP) is 0.891. The van der Waals surface area contributed by atoms with Crippen molar-refractivity contribution in [1.82, 2.24) is 9.80 Å². The summed E-state index contributed by atoms with van der Waals surface area (Å²) in [5.74, 6) is 0. The van der Waals surface area contributed by atoms with Crippen molar-refractivity contribution < 1.29 is 5.11 Å². The largest absolute Gasteiger partial charge is 0.394 e. The molecule has 0 radical (unpaired) electrons. The highest BCUT2D eigenvalue weighted by molar-refractivity contribution is 4.85. The molecular formula is C14H31N3O. The molecule has 0 aromatic carbocycles. The fraction of sp³-hybridized carbons (Fsp3) is 1.00. The van der Waals surface area contributed by atoms with E-state index in [0.717, 1.165) is 38.9 Å². The average Bonchev–Trinajstić information content (AvgIpc) is 2.35. The summed E-state index contributed by atoms with van der Waals surface area (Å²) in [6, 6.07) is 1.25. The normalized spacial score (nSPS) is 30.3. The molecule has 1 saturated heterocycles. The van der Waals surface area contributed by atoms with Crippen LogP contribution in [0.5, 0.6) is 0 Å². The Kier molecular flexibility index (Phi) is 6.05. The smallest absolute Gasteiger partial charge is 0.0611 e. The van der Waals surface area contributed by atoms with Gasteiger partial charge in [-0.2, -0.15) is 0 Å².